The number of benzene rings is 2. The van der Waals surface area contributed by atoms with E-state index in [4.69, 9.17) is 26.2 Å². The predicted molar refractivity (Wildman–Crippen MR) is 141 cm³/mol. The van der Waals surface area contributed by atoms with Crippen molar-refractivity contribution in [2.75, 3.05) is 40.0 Å². The summed E-state index contributed by atoms with van der Waals surface area (Å²) in [6.07, 6.45) is 2.09. The van der Waals surface area contributed by atoms with E-state index in [1.165, 1.54) is 0 Å². The molecule has 1 aliphatic rings. The highest BCUT2D eigenvalue weighted by Crippen LogP contribution is 2.30. The summed E-state index contributed by atoms with van der Waals surface area (Å²) in [5, 5.41) is 18.0. The Balaban J connectivity index is 1.74. The van der Waals surface area contributed by atoms with Gasteiger partial charge in [0.15, 0.2) is 0 Å². The molecular formula is C27H36ClN3O5. The monoisotopic (exact) mass is 517 g/mol. The van der Waals surface area contributed by atoms with Crippen LogP contribution in [-0.2, 0) is 16.1 Å². The fraction of sp³-hybridized carbons (Fsp3) is 0.481. The number of nitrogens with one attached hydrogen (secondary N) is 3. The number of likely N-dealkylation sites (N-methyl/N-ethyl adjacent to an activating group) is 1. The van der Waals surface area contributed by atoms with Gasteiger partial charge in [-0.15, -0.1) is 0 Å². The summed E-state index contributed by atoms with van der Waals surface area (Å²) in [7, 11) is 1.91. The van der Waals surface area contributed by atoms with Crippen LogP contribution in [0.5, 0.6) is 0 Å². The van der Waals surface area contributed by atoms with Crippen molar-refractivity contribution in [1.29, 1.82) is 0 Å². The summed E-state index contributed by atoms with van der Waals surface area (Å²) >= 11 is 6.24. The maximum atomic E-state index is 13.2. The lowest BCUT2D eigenvalue weighted by Crippen LogP contribution is -2.41. The molecule has 0 radical (unpaired) electrons. The van der Waals surface area contributed by atoms with Gasteiger partial charge in [-0.25, -0.2) is 4.79 Å². The number of rotatable bonds is 12. The third kappa shape index (κ3) is 8.48. The van der Waals surface area contributed by atoms with E-state index < -0.39 is 6.09 Å². The summed E-state index contributed by atoms with van der Waals surface area (Å²) in [4.78, 5) is 23.9. The van der Waals surface area contributed by atoms with Crippen LogP contribution in [0.3, 0.4) is 0 Å². The van der Waals surface area contributed by atoms with Crippen LogP contribution in [0.15, 0.2) is 36.4 Å². The van der Waals surface area contributed by atoms with Gasteiger partial charge in [-0.05, 0) is 85.7 Å². The molecule has 2 unspecified atom stereocenters. The van der Waals surface area contributed by atoms with Crippen molar-refractivity contribution in [2.24, 2.45) is 5.92 Å². The lowest BCUT2D eigenvalue weighted by molar-refractivity contribution is 0.0478. The van der Waals surface area contributed by atoms with Gasteiger partial charge < -0.3 is 30.5 Å². The molecule has 2 aromatic carbocycles. The van der Waals surface area contributed by atoms with Crippen molar-refractivity contribution < 1.29 is 24.2 Å². The number of halogens is 1. The van der Waals surface area contributed by atoms with Crippen molar-refractivity contribution in [1.82, 2.24) is 16.0 Å². The summed E-state index contributed by atoms with van der Waals surface area (Å²) in [6, 6.07) is 11.4. The van der Waals surface area contributed by atoms with Crippen LogP contribution in [0.25, 0.3) is 11.1 Å². The molecule has 2 atom stereocenters. The van der Waals surface area contributed by atoms with Crippen LogP contribution >= 0.6 is 11.6 Å². The number of ether oxygens (including phenoxy) is 2. The summed E-state index contributed by atoms with van der Waals surface area (Å²) in [5.41, 5.74) is 4.18. The minimum Gasteiger partial charge on any atom is -0.465 e. The van der Waals surface area contributed by atoms with E-state index in [1.807, 2.05) is 50.4 Å². The van der Waals surface area contributed by atoms with E-state index in [9.17, 15) is 9.59 Å². The zero-order chi connectivity index (χ0) is 25.9. The first kappa shape index (κ1) is 27.9. The Morgan fingerprint density at radius 2 is 2.08 bits per heavy atom. The molecule has 0 saturated carbocycles. The van der Waals surface area contributed by atoms with Gasteiger partial charge in [0.25, 0.3) is 5.91 Å². The van der Waals surface area contributed by atoms with Gasteiger partial charge in [-0.1, -0.05) is 23.7 Å². The molecule has 196 valence electrons. The molecule has 0 aliphatic carbocycles. The molecule has 1 fully saturated rings. The Labute approximate surface area is 217 Å². The third-order valence-corrected chi connectivity index (χ3v) is 6.72. The van der Waals surface area contributed by atoms with Gasteiger partial charge in [0.1, 0.15) is 0 Å². The number of carbonyl (C=O) groups excluding carboxylic acids is 1. The molecule has 0 bridgehead atoms. The highest BCUT2D eigenvalue weighted by molar-refractivity contribution is 6.30. The average molecular weight is 518 g/mol. The van der Waals surface area contributed by atoms with Crippen LogP contribution in [0.1, 0.15) is 40.7 Å². The highest BCUT2D eigenvalue weighted by Gasteiger charge is 2.20. The van der Waals surface area contributed by atoms with Gasteiger partial charge >= 0.3 is 6.09 Å². The van der Waals surface area contributed by atoms with Gasteiger partial charge in [-0.2, -0.15) is 0 Å². The number of carboxylic acid groups (broad SMARTS) is 1. The summed E-state index contributed by atoms with van der Waals surface area (Å²) in [5.74, 6) is 0.341. The quantitative estimate of drug-likeness (QED) is 0.314. The lowest BCUT2D eigenvalue weighted by Gasteiger charge is -2.26. The molecule has 1 aliphatic heterocycles. The van der Waals surface area contributed by atoms with Crippen LogP contribution in [0.4, 0.5) is 4.79 Å². The maximum Gasteiger partial charge on any atom is 0.404 e. The van der Waals surface area contributed by atoms with Crippen molar-refractivity contribution in [3.05, 3.63) is 58.1 Å². The predicted octanol–water partition coefficient (Wildman–Crippen LogP) is 4.23. The van der Waals surface area contributed by atoms with E-state index in [2.05, 4.69) is 16.0 Å². The fourth-order valence-electron chi connectivity index (χ4n) is 4.44. The standard InChI is InChI=1S/C27H36ClN3O5/c1-18-22(17-36-10-8-30-27(33)34)12-21(14-25(18)20-6-3-7-23(28)13-20)26(32)31-15-24(29-2)11-19-5-4-9-35-16-19/h3,6-7,12-14,19,24,29-30H,4-5,8-11,15-17H2,1-2H3,(H,31,32)(H,33,34). The first-order valence-corrected chi connectivity index (χ1v) is 12.7. The zero-order valence-corrected chi connectivity index (χ0v) is 21.7. The summed E-state index contributed by atoms with van der Waals surface area (Å²) in [6.45, 7) is 4.77. The second-order valence-corrected chi connectivity index (χ2v) is 9.55. The van der Waals surface area contributed by atoms with Gasteiger partial charge in [0.05, 0.1) is 13.2 Å². The topological polar surface area (TPSA) is 109 Å². The van der Waals surface area contributed by atoms with Crippen LogP contribution in [0, 0.1) is 12.8 Å². The molecule has 8 nitrogen and oxygen atoms in total. The molecule has 3 rings (SSSR count). The zero-order valence-electron chi connectivity index (χ0n) is 20.9. The van der Waals surface area contributed by atoms with Crippen molar-refractivity contribution in [3.8, 4) is 11.1 Å². The number of hydrogen-bond donors (Lipinski definition) is 4. The normalized spacial score (nSPS) is 16.4. The fourth-order valence-corrected chi connectivity index (χ4v) is 4.63. The largest absolute Gasteiger partial charge is 0.465 e. The first-order valence-electron chi connectivity index (χ1n) is 12.3. The Hall–Kier alpha value is -2.65. The minimum absolute atomic E-state index is 0.156. The first-order chi connectivity index (χ1) is 17.4. The van der Waals surface area contributed by atoms with Crippen LogP contribution in [-0.4, -0.2) is 63.1 Å². The Bertz CT molecular complexity index is 1030. The second kappa shape index (κ2) is 14.2. The van der Waals surface area contributed by atoms with Gasteiger partial charge in [0, 0.05) is 42.9 Å². The molecule has 0 spiro atoms. The Morgan fingerprint density at radius 1 is 1.25 bits per heavy atom. The minimum atomic E-state index is -1.09. The molecule has 9 heteroatoms. The van der Waals surface area contributed by atoms with Crippen molar-refractivity contribution >= 4 is 23.6 Å². The number of carbonyl (C=O) groups is 2. The smallest absolute Gasteiger partial charge is 0.404 e. The summed E-state index contributed by atoms with van der Waals surface area (Å²) < 4.78 is 11.3. The van der Waals surface area contributed by atoms with Crippen LogP contribution in [0.2, 0.25) is 5.02 Å². The Kier molecular flexibility index (Phi) is 11.0. The molecule has 1 saturated heterocycles. The van der Waals surface area contributed by atoms with E-state index in [0.717, 1.165) is 54.7 Å². The molecule has 0 aromatic heterocycles. The van der Waals surface area contributed by atoms with Gasteiger partial charge in [-0.3, -0.25) is 4.79 Å². The maximum absolute atomic E-state index is 13.2. The molecule has 2 amide bonds. The molecule has 4 N–H and O–H groups in total. The number of amides is 2. The second-order valence-electron chi connectivity index (χ2n) is 9.12. The SMILES string of the molecule is CNC(CNC(=O)c1cc(COCCNC(=O)O)c(C)c(-c2cccc(Cl)c2)c1)CC1CCCOC1. The molecular weight excluding hydrogens is 482 g/mol. The van der Waals surface area contributed by atoms with E-state index in [0.29, 0.717) is 23.0 Å². The molecule has 2 aromatic rings. The highest BCUT2D eigenvalue weighted by atomic mass is 35.5. The van der Waals surface area contributed by atoms with Gasteiger partial charge in [0.2, 0.25) is 0 Å². The molecule has 1 heterocycles. The number of hydrogen-bond acceptors (Lipinski definition) is 5. The van der Waals surface area contributed by atoms with Crippen LogP contribution < -0.4 is 16.0 Å². The lowest BCUT2D eigenvalue weighted by atomic mass is 9.93. The van der Waals surface area contributed by atoms with Crippen molar-refractivity contribution in [3.63, 3.8) is 0 Å². The third-order valence-electron chi connectivity index (χ3n) is 6.48. The van der Waals surface area contributed by atoms with E-state index in [-0.39, 0.29) is 31.7 Å². The van der Waals surface area contributed by atoms with E-state index in [1.54, 1.807) is 0 Å². The van der Waals surface area contributed by atoms with E-state index >= 15 is 0 Å². The van der Waals surface area contributed by atoms with Crippen molar-refractivity contribution in [2.45, 2.75) is 38.8 Å². The average Bonchev–Trinajstić information content (AvgIpc) is 2.87. The molecule has 36 heavy (non-hydrogen) atoms. The Morgan fingerprint density at radius 3 is 2.78 bits per heavy atom.